The molecule has 1 aromatic rings. The number of rotatable bonds is 9. The van der Waals surface area contributed by atoms with Gasteiger partial charge in [0.15, 0.2) is 0 Å². The number of benzene rings is 1. The van der Waals surface area contributed by atoms with Crippen molar-refractivity contribution in [1.29, 1.82) is 0 Å². The molecule has 2 bridgehead atoms. The number of carbonyl (C=O) groups is 3. The lowest BCUT2D eigenvalue weighted by Crippen LogP contribution is -2.60. The van der Waals surface area contributed by atoms with E-state index in [0.29, 0.717) is 31.0 Å². The lowest BCUT2D eigenvalue weighted by atomic mass is 9.81. The Morgan fingerprint density at radius 1 is 1.05 bits per heavy atom. The second kappa shape index (κ2) is 12.2. The fraction of sp³-hybridized carbons (Fsp3) is 0.727. The van der Waals surface area contributed by atoms with Gasteiger partial charge in [-0.05, 0) is 70.3 Å². The Kier molecular flexibility index (Phi) is 8.51. The standard InChI is InChI=1S/C33H49N5O4/c1-23(2)38-32(41)36(20-24-12-15-42-16-13-24)22-33(38)18-27-9-10-28(19-33)37(27)14-11-29(25-7-5-4-6-8-25)34-31(40)26-17-30(39)35(3)21-26/h4-8,23-24,26-29H,9-22H2,1-3H3,(H,34,40)/t26?,27?,28?,29-,33?/m0/s1. The average Bonchev–Trinajstić information content (AvgIpc) is 3.54. The number of nitrogens with one attached hydrogen (secondary N) is 1. The summed E-state index contributed by atoms with van der Waals surface area (Å²) in [6.45, 7) is 9.07. The van der Waals surface area contributed by atoms with E-state index < -0.39 is 0 Å². The minimum absolute atomic E-state index is 0.0243. The number of carbonyl (C=O) groups excluding carboxylic acids is 3. The summed E-state index contributed by atoms with van der Waals surface area (Å²) >= 11 is 0. The molecule has 230 valence electrons. The van der Waals surface area contributed by atoms with Gasteiger partial charge < -0.3 is 24.8 Å². The summed E-state index contributed by atoms with van der Waals surface area (Å²) in [6.07, 6.45) is 7.60. The first kappa shape index (κ1) is 29.4. The fourth-order valence-corrected chi connectivity index (χ4v) is 8.73. The minimum atomic E-state index is -0.286. The highest BCUT2D eigenvalue weighted by Crippen LogP contribution is 2.48. The van der Waals surface area contributed by atoms with Gasteiger partial charge in [0.05, 0.1) is 17.5 Å². The lowest BCUT2D eigenvalue weighted by Gasteiger charge is -2.49. The maximum Gasteiger partial charge on any atom is 0.320 e. The molecular formula is C33H49N5O4. The monoisotopic (exact) mass is 579 g/mol. The summed E-state index contributed by atoms with van der Waals surface area (Å²) in [5.41, 5.74) is 1.02. The molecule has 4 atom stereocenters. The molecule has 6 rings (SSSR count). The van der Waals surface area contributed by atoms with Crippen molar-refractivity contribution in [3.05, 3.63) is 35.9 Å². The van der Waals surface area contributed by atoms with E-state index in [2.05, 4.69) is 46.0 Å². The van der Waals surface area contributed by atoms with Gasteiger partial charge in [-0.2, -0.15) is 0 Å². The zero-order valence-corrected chi connectivity index (χ0v) is 25.7. The molecule has 4 amide bonds. The predicted octanol–water partition coefficient (Wildman–Crippen LogP) is 3.65. The smallest absolute Gasteiger partial charge is 0.320 e. The van der Waals surface area contributed by atoms with Gasteiger partial charge in [0, 0.05) is 71.0 Å². The summed E-state index contributed by atoms with van der Waals surface area (Å²) in [6, 6.07) is 11.5. The van der Waals surface area contributed by atoms with Gasteiger partial charge in [-0.1, -0.05) is 30.3 Å². The van der Waals surface area contributed by atoms with Gasteiger partial charge in [-0.25, -0.2) is 4.79 Å². The summed E-state index contributed by atoms with van der Waals surface area (Å²) in [4.78, 5) is 47.8. The van der Waals surface area contributed by atoms with Gasteiger partial charge in [-0.15, -0.1) is 0 Å². The van der Waals surface area contributed by atoms with Crippen LogP contribution in [0, 0.1) is 11.8 Å². The van der Waals surface area contributed by atoms with Crippen LogP contribution >= 0.6 is 0 Å². The SMILES string of the molecule is CC(C)N1C(=O)N(CC2CCOCC2)CC12CC1CCC(C2)N1CC[C@H](NC(=O)C1CC(=O)N(C)C1)c1ccccc1. The van der Waals surface area contributed by atoms with Crippen LogP contribution in [0.4, 0.5) is 4.79 Å². The summed E-state index contributed by atoms with van der Waals surface area (Å²) < 4.78 is 5.57. The molecule has 5 fully saturated rings. The normalized spacial score (nSPS) is 31.1. The number of likely N-dealkylation sites (tertiary alicyclic amines) is 1. The Morgan fingerprint density at radius 2 is 1.74 bits per heavy atom. The van der Waals surface area contributed by atoms with E-state index in [4.69, 9.17) is 4.74 Å². The minimum Gasteiger partial charge on any atom is -0.381 e. The van der Waals surface area contributed by atoms with Gasteiger partial charge >= 0.3 is 6.03 Å². The zero-order chi connectivity index (χ0) is 29.4. The van der Waals surface area contributed by atoms with Crippen molar-refractivity contribution >= 4 is 17.8 Å². The molecule has 1 spiro atoms. The number of ether oxygens (including phenoxy) is 1. The maximum atomic E-state index is 13.8. The Hall–Kier alpha value is -2.65. The van der Waals surface area contributed by atoms with Crippen molar-refractivity contribution < 1.29 is 19.1 Å². The molecule has 0 radical (unpaired) electrons. The van der Waals surface area contributed by atoms with Crippen LogP contribution in [0.2, 0.25) is 0 Å². The van der Waals surface area contributed by atoms with E-state index >= 15 is 0 Å². The van der Waals surface area contributed by atoms with Crippen LogP contribution in [-0.2, 0) is 14.3 Å². The summed E-state index contributed by atoms with van der Waals surface area (Å²) in [5.74, 6) is 0.267. The Bertz CT molecular complexity index is 1120. The number of hydrogen-bond acceptors (Lipinski definition) is 5. The van der Waals surface area contributed by atoms with Crippen LogP contribution < -0.4 is 5.32 Å². The highest BCUT2D eigenvalue weighted by atomic mass is 16.5. The van der Waals surface area contributed by atoms with Gasteiger partial charge in [-0.3, -0.25) is 14.5 Å². The van der Waals surface area contributed by atoms with E-state index in [0.717, 1.165) is 70.5 Å². The molecule has 0 saturated carbocycles. The number of amides is 4. The van der Waals surface area contributed by atoms with Crippen molar-refractivity contribution in [2.45, 2.75) is 94.9 Å². The molecule has 9 heteroatoms. The number of urea groups is 1. The molecule has 3 unspecified atom stereocenters. The second-order valence-electron chi connectivity index (χ2n) is 13.9. The molecule has 5 aliphatic heterocycles. The van der Waals surface area contributed by atoms with Crippen molar-refractivity contribution in [2.24, 2.45) is 11.8 Å². The third kappa shape index (κ3) is 5.79. The van der Waals surface area contributed by atoms with Crippen LogP contribution in [0.25, 0.3) is 0 Å². The van der Waals surface area contributed by atoms with Crippen molar-refractivity contribution in [3.8, 4) is 0 Å². The number of nitrogens with zero attached hydrogens (tertiary/aromatic N) is 4. The van der Waals surface area contributed by atoms with Gasteiger partial charge in [0.2, 0.25) is 11.8 Å². The molecule has 5 saturated heterocycles. The third-order valence-electron chi connectivity index (χ3n) is 10.7. The third-order valence-corrected chi connectivity index (χ3v) is 10.7. The Labute approximate surface area is 250 Å². The molecule has 5 heterocycles. The first-order valence-electron chi connectivity index (χ1n) is 16.2. The van der Waals surface area contributed by atoms with Gasteiger partial charge in [0.1, 0.15) is 0 Å². The van der Waals surface area contributed by atoms with Crippen molar-refractivity contribution in [2.75, 3.05) is 46.4 Å². The average molecular weight is 580 g/mol. The van der Waals surface area contributed by atoms with Crippen LogP contribution in [0.1, 0.15) is 76.8 Å². The number of piperidine rings is 1. The maximum absolute atomic E-state index is 13.8. The first-order chi connectivity index (χ1) is 20.2. The van der Waals surface area contributed by atoms with E-state index in [1.807, 2.05) is 18.2 Å². The molecule has 9 nitrogen and oxygen atoms in total. The number of fused-ring (bicyclic) bond motifs is 2. The largest absolute Gasteiger partial charge is 0.381 e. The second-order valence-corrected chi connectivity index (χ2v) is 13.9. The predicted molar refractivity (Wildman–Crippen MR) is 161 cm³/mol. The highest BCUT2D eigenvalue weighted by Gasteiger charge is 2.57. The van der Waals surface area contributed by atoms with Crippen LogP contribution in [0.15, 0.2) is 30.3 Å². The van der Waals surface area contributed by atoms with Gasteiger partial charge in [0.25, 0.3) is 0 Å². The topological polar surface area (TPSA) is 85.4 Å². The fourth-order valence-electron chi connectivity index (χ4n) is 8.73. The summed E-state index contributed by atoms with van der Waals surface area (Å²) in [5, 5.41) is 3.31. The zero-order valence-electron chi connectivity index (χ0n) is 25.7. The highest BCUT2D eigenvalue weighted by molar-refractivity contribution is 5.89. The van der Waals surface area contributed by atoms with Crippen molar-refractivity contribution in [3.63, 3.8) is 0 Å². The molecule has 0 aliphatic carbocycles. The van der Waals surface area contributed by atoms with E-state index in [-0.39, 0.29) is 41.4 Å². The number of hydrogen-bond donors (Lipinski definition) is 1. The van der Waals surface area contributed by atoms with E-state index in [1.165, 1.54) is 12.8 Å². The lowest BCUT2D eigenvalue weighted by molar-refractivity contribution is -0.128. The summed E-state index contributed by atoms with van der Waals surface area (Å²) in [7, 11) is 1.77. The Balaban J connectivity index is 1.13. The molecular weight excluding hydrogens is 530 g/mol. The Morgan fingerprint density at radius 3 is 2.36 bits per heavy atom. The molecule has 42 heavy (non-hydrogen) atoms. The molecule has 1 aromatic carbocycles. The first-order valence-corrected chi connectivity index (χ1v) is 16.2. The molecule has 1 N–H and O–H groups in total. The van der Waals surface area contributed by atoms with E-state index in [1.54, 1.807) is 11.9 Å². The van der Waals surface area contributed by atoms with Crippen LogP contribution in [-0.4, -0.2) is 108 Å². The van der Waals surface area contributed by atoms with Crippen molar-refractivity contribution in [1.82, 2.24) is 24.9 Å². The molecule has 5 aliphatic rings. The van der Waals surface area contributed by atoms with Crippen LogP contribution in [0.3, 0.4) is 0 Å². The quantitative estimate of drug-likeness (QED) is 0.483. The van der Waals surface area contributed by atoms with E-state index in [9.17, 15) is 14.4 Å². The molecule has 0 aromatic heterocycles. The van der Waals surface area contributed by atoms with Crippen LogP contribution in [0.5, 0.6) is 0 Å².